The number of amidine groups is 2. The maximum atomic E-state index is 10.7. The minimum atomic E-state index is -0.571. The Morgan fingerprint density at radius 3 is 2.40 bits per heavy atom. The van der Waals surface area contributed by atoms with Gasteiger partial charge in [0.15, 0.2) is 0 Å². The van der Waals surface area contributed by atoms with Gasteiger partial charge in [-0.3, -0.25) is 4.79 Å². The third-order valence-electron chi connectivity index (χ3n) is 1.48. The van der Waals surface area contributed by atoms with E-state index in [9.17, 15) is 14.9 Å². The van der Waals surface area contributed by atoms with Crippen LogP contribution in [0.3, 0.4) is 0 Å². The van der Waals surface area contributed by atoms with Crippen LogP contribution in [0, 0.1) is 10.1 Å². The number of carbonyl (C=O) groups excluding carboxylic acids is 1. The average Bonchev–Trinajstić information content (AvgIpc) is 2.46. The van der Waals surface area contributed by atoms with E-state index in [1.54, 1.807) is 13.8 Å². The van der Waals surface area contributed by atoms with Crippen LogP contribution in [-0.2, 0) is 4.79 Å². The zero-order chi connectivity index (χ0) is 11.6. The molecule has 0 bridgehead atoms. The van der Waals surface area contributed by atoms with Crippen molar-refractivity contribution in [3.63, 3.8) is 0 Å². The summed E-state index contributed by atoms with van der Waals surface area (Å²) in [5.41, 5.74) is 0.782. The Morgan fingerprint density at radius 1 is 1.47 bits per heavy atom. The fraction of sp³-hybridized carbons (Fsp3) is 0.375. The fourth-order valence-corrected chi connectivity index (χ4v) is 1.84. The molecule has 0 saturated carbocycles. The average molecular weight is 227 g/mol. The Hall–Kier alpha value is -1.50. The van der Waals surface area contributed by atoms with E-state index >= 15 is 0 Å². The zero-order valence-corrected chi connectivity index (χ0v) is 9.29. The van der Waals surface area contributed by atoms with Crippen LogP contribution in [0.15, 0.2) is 20.5 Å². The highest BCUT2D eigenvalue weighted by molar-refractivity contribution is 8.18. The monoisotopic (exact) mass is 227 g/mol. The molecule has 0 aliphatic carbocycles. The molecule has 0 aromatic rings. The topological polar surface area (TPSA) is 84.9 Å². The van der Waals surface area contributed by atoms with Crippen LogP contribution in [-0.4, -0.2) is 21.8 Å². The molecule has 0 aromatic carbocycles. The lowest BCUT2D eigenvalue weighted by Gasteiger charge is -1.96. The molecule has 0 spiro atoms. The Morgan fingerprint density at radius 2 is 2.07 bits per heavy atom. The summed E-state index contributed by atoms with van der Waals surface area (Å²) in [6.45, 7) is 4.77. The second kappa shape index (κ2) is 4.35. The van der Waals surface area contributed by atoms with Gasteiger partial charge in [0, 0.05) is 6.92 Å². The van der Waals surface area contributed by atoms with Crippen molar-refractivity contribution in [3.05, 3.63) is 20.6 Å². The molecule has 0 unspecified atom stereocenters. The van der Waals surface area contributed by atoms with Crippen LogP contribution < -0.4 is 0 Å². The van der Waals surface area contributed by atoms with Gasteiger partial charge in [0.2, 0.25) is 5.91 Å². The van der Waals surface area contributed by atoms with Gasteiger partial charge in [-0.25, -0.2) is 0 Å². The van der Waals surface area contributed by atoms with Crippen LogP contribution in [0.4, 0.5) is 0 Å². The van der Waals surface area contributed by atoms with E-state index < -0.39 is 10.8 Å². The maximum Gasteiger partial charge on any atom is 0.380 e. The Bertz CT molecular complexity index is 419. The van der Waals surface area contributed by atoms with Crippen molar-refractivity contribution in [1.82, 2.24) is 0 Å². The second-order valence-corrected chi connectivity index (χ2v) is 4.01. The number of carbonyl (C=O) groups is 1. The van der Waals surface area contributed by atoms with Crippen LogP contribution in [0.25, 0.3) is 0 Å². The smallest absolute Gasteiger partial charge is 0.358 e. The normalized spacial score (nSPS) is 17.9. The number of nitro groups is 1. The highest BCUT2D eigenvalue weighted by Gasteiger charge is 2.33. The molecule has 0 saturated heterocycles. The van der Waals surface area contributed by atoms with Gasteiger partial charge >= 0.3 is 11.0 Å². The van der Waals surface area contributed by atoms with E-state index in [4.69, 9.17) is 0 Å². The molecular formula is C8H9N3O3S. The van der Waals surface area contributed by atoms with Crippen LogP contribution in [0.1, 0.15) is 20.8 Å². The second-order valence-electron chi connectivity index (χ2n) is 3.04. The van der Waals surface area contributed by atoms with Crippen LogP contribution >= 0.6 is 11.8 Å². The van der Waals surface area contributed by atoms with E-state index in [2.05, 4.69) is 9.98 Å². The molecule has 0 fully saturated rings. The number of aliphatic imine (C=N–C) groups is 2. The number of nitrogens with zero attached hydrogens (tertiary/aromatic N) is 3. The molecule has 6 nitrogen and oxygen atoms in total. The van der Waals surface area contributed by atoms with Crippen LogP contribution in [0.2, 0.25) is 0 Å². The molecule has 7 heteroatoms. The number of hydrogen-bond acceptors (Lipinski definition) is 4. The molecular weight excluding hydrogens is 218 g/mol. The summed E-state index contributed by atoms with van der Waals surface area (Å²) < 4.78 is 0. The third-order valence-corrected chi connectivity index (χ3v) is 2.64. The maximum absolute atomic E-state index is 10.7. The first kappa shape index (κ1) is 11.6. The van der Waals surface area contributed by atoms with Crippen molar-refractivity contribution < 1.29 is 9.72 Å². The van der Waals surface area contributed by atoms with Gasteiger partial charge in [-0.1, -0.05) is 5.57 Å². The summed E-state index contributed by atoms with van der Waals surface area (Å²) in [6, 6.07) is 0. The molecule has 15 heavy (non-hydrogen) atoms. The SMILES string of the molecule is CC(=O)N=C1N=C([N+](=O)[O-])C(=C(C)C)S1. The highest BCUT2D eigenvalue weighted by Crippen LogP contribution is 2.30. The molecule has 0 radical (unpaired) electrons. The summed E-state index contributed by atoms with van der Waals surface area (Å²) in [5.74, 6) is -0.654. The number of hydrogen-bond donors (Lipinski definition) is 0. The Balaban J connectivity index is 3.15. The van der Waals surface area contributed by atoms with Gasteiger partial charge in [-0.15, -0.1) is 0 Å². The summed E-state index contributed by atoms with van der Waals surface area (Å²) in [6.07, 6.45) is 0. The quantitative estimate of drug-likeness (QED) is 0.464. The minimum Gasteiger partial charge on any atom is -0.358 e. The van der Waals surface area contributed by atoms with E-state index in [1.165, 1.54) is 6.92 Å². The van der Waals surface area contributed by atoms with Gasteiger partial charge in [-0.2, -0.15) is 4.99 Å². The zero-order valence-electron chi connectivity index (χ0n) is 8.47. The molecule has 0 atom stereocenters. The molecule has 80 valence electrons. The Kier molecular flexibility index (Phi) is 3.35. The molecule has 1 amide bonds. The van der Waals surface area contributed by atoms with Crippen molar-refractivity contribution in [2.45, 2.75) is 20.8 Å². The molecule has 0 N–H and O–H groups in total. The number of rotatable bonds is 0. The van der Waals surface area contributed by atoms with Crippen LogP contribution in [0.5, 0.6) is 0 Å². The summed E-state index contributed by atoms with van der Waals surface area (Å²) in [7, 11) is 0. The first-order valence-electron chi connectivity index (χ1n) is 4.10. The molecule has 0 aromatic heterocycles. The predicted molar refractivity (Wildman–Crippen MR) is 58.5 cm³/mol. The molecule has 1 aliphatic heterocycles. The van der Waals surface area contributed by atoms with Gasteiger partial charge in [0.25, 0.3) is 0 Å². The van der Waals surface area contributed by atoms with Gasteiger partial charge in [-0.05, 0) is 35.5 Å². The lowest BCUT2D eigenvalue weighted by molar-refractivity contribution is -0.348. The number of thioether (sulfide) groups is 1. The minimum absolute atomic E-state index is 0.130. The third kappa shape index (κ3) is 2.72. The molecule has 1 heterocycles. The fourth-order valence-electron chi connectivity index (χ4n) is 0.933. The lowest BCUT2D eigenvalue weighted by atomic mass is 10.3. The van der Waals surface area contributed by atoms with E-state index in [1.807, 2.05) is 0 Å². The number of amides is 1. The summed E-state index contributed by atoms with van der Waals surface area (Å²) in [4.78, 5) is 28.5. The summed E-state index contributed by atoms with van der Waals surface area (Å²) >= 11 is 1.05. The van der Waals surface area contributed by atoms with E-state index in [0.717, 1.165) is 17.3 Å². The van der Waals surface area contributed by atoms with Gasteiger partial charge < -0.3 is 10.1 Å². The lowest BCUT2D eigenvalue weighted by Crippen LogP contribution is -2.10. The van der Waals surface area contributed by atoms with Crippen molar-refractivity contribution in [3.8, 4) is 0 Å². The first-order chi connectivity index (χ1) is 6.91. The largest absolute Gasteiger partial charge is 0.380 e. The van der Waals surface area contributed by atoms with Crippen molar-refractivity contribution in [2.24, 2.45) is 9.98 Å². The van der Waals surface area contributed by atoms with E-state index in [-0.39, 0.29) is 11.0 Å². The molecule has 1 rings (SSSR count). The van der Waals surface area contributed by atoms with Gasteiger partial charge in [0.1, 0.15) is 4.91 Å². The Labute approximate surface area is 90.3 Å². The van der Waals surface area contributed by atoms with E-state index in [0.29, 0.717) is 4.91 Å². The highest BCUT2D eigenvalue weighted by atomic mass is 32.2. The molecule has 1 aliphatic rings. The summed E-state index contributed by atoms with van der Waals surface area (Å²) in [5, 5.41) is 10.8. The van der Waals surface area contributed by atoms with Crippen molar-refractivity contribution in [2.75, 3.05) is 0 Å². The van der Waals surface area contributed by atoms with Gasteiger partial charge in [0.05, 0.1) is 0 Å². The van der Waals surface area contributed by atoms with Crippen molar-refractivity contribution in [1.29, 1.82) is 0 Å². The standard InChI is InChI=1S/C8H9N3O3S/c1-4(2)6-7(11(13)14)10-8(15-6)9-5(3)12/h1-3H3. The predicted octanol–water partition coefficient (Wildman–Crippen LogP) is 1.60. The number of allylic oxidation sites excluding steroid dienone is 1. The first-order valence-corrected chi connectivity index (χ1v) is 4.91. The van der Waals surface area contributed by atoms with Crippen molar-refractivity contribution >= 4 is 28.7 Å².